The predicted octanol–water partition coefficient (Wildman–Crippen LogP) is 0.600. The second-order valence-electron chi connectivity index (χ2n) is 4.79. The summed E-state index contributed by atoms with van der Waals surface area (Å²) in [6.07, 6.45) is 5.68. The highest BCUT2D eigenvalue weighted by molar-refractivity contribution is 7.88. The molecular weight excluding hydrogens is 272 g/mol. The SMILES string of the molecule is CS(=O)(=O)N1CCCC(CC(N)c2cnns2)C1. The normalized spacial score (nSPS) is 24.0. The number of aromatic nitrogens is 2. The summed E-state index contributed by atoms with van der Waals surface area (Å²) in [7, 11) is -3.08. The molecule has 2 heterocycles. The zero-order chi connectivity index (χ0) is 13.2. The van der Waals surface area contributed by atoms with E-state index in [2.05, 4.69) is 9.59 Å². The molecule has 0 amide bonds. The summed E-state index contributed by atoms with van der Waals surface area (Å²) >= 11 is 1.31. The van der Waals surface area contributed by atoms with Crippen molar-refractivity contribution in [2.24, 2.45) is 11.7 Å². The van der Waals surface area contributed by atoms with Gasteiger partial charge in [-0.2, -0.15) is 0 Å². The predicted molar refractivity (Wildman–Crippen MR) is 70.6 cm³/mol. The summed E-state index contributed by atoms with van der Waals surface area (Å²) < 4.78 is 28.4. The van der Waals surface area contributed by atoms with Crippen LogP contribution >= 0.6 is 11.5 Å². The molecule has 1 aromatic heterocycles. The monoisotopic (exact) mass is 290 g/mol. The molecule has 2 N–H and O–H groups in total. The fourth-order valence-corrected chi connectivity index (χ4v) is 3.79. The van der Waals surface area contributed by atoms with Crippen LogP contribution in [0.1, 0.15) is 30.2 Å². The quantitative estimate of drug-likeness (QED) is 0.877. The Hall–Kier alpha value is -0.570. The molecule has 0 aliphatic carbocycles. The summed E-state index contributed by atoms with van der Waals surface area (Å²) in [6, 6.07) is -0.0884. The maximum atomic E-state index is 11.5. The molecule has 6 nitrogen and oxygen atoms in total. The van der Waals surface area contributed by atoms with Gasteiger partial charge >= 0.3 is 0 Å². The third-order valence-electron chi connectivity index (χ3n) is 3.28. The Morgan fingerprint density at radius 3 is 3.06 bits per heavy atom. The van der Waals surface area contributed by atoms with Gasteiger partial charge in [-0.15, -0.1) is 5.10 Å². The molecule has 1 aromatic rings. The standard InChI is InChI=1S/C10H18N4O2S2/c1-18(15,16)14-4-2-3-8(7-14)5-9(11)10-6-12-13-17-10/h6,8-9H,2-5,7,11H2,1H3. The van der Waals surface area contributed by atoms with Gasteiger partial charge in [-0.3, -0.25) is 0 Å². The molecule has 2 unspecified atom stereocenters. The first-order valence-corrected chi connectivity index (χ1v) is 8.57. The molecular formula is C10H18N4O2S2. The molecule has 1 aliphatic rings. The zero-order valence-corrected chi connectivity index (χ0v) is 12.0. The molecule has 102 valence electrons. The van der Waals surface area contributed by atoms with Gasteiger partial charge in [-0.1, -0.05) is 4.49 Å². The average molecular weight is 290 g/mol. The first kappa shape index (κ1) is 13.9. The maximum Gasteiger partial charge on any atom is 0.211 e. The number of rotatable bonds is 4. The summed E-state index contributed by atoms with van der Waals surface area (Å²) in [6.45, 7) is 1.21. The van der Waals surface area contributed by atoms with Gasteiger partial charge in [-0.25, -0.2) is 12.7 Å². The van der Waals surface area contributed by atoms with Crippen LogP contribution in [0.3, 0.4) is 0 Å². The molecule has 18 heavy (non-hydrogen) atoms. The van der Waals surface area contributed by atoms with E-state index in [0.717, 1.165) is 24.1 Å². The lowest BCUT2D eigenvalue weighted by Crippen LogP contribution is -2.40. The van der Waals surface area contributed by atoms with Crippen LogP contribution in [0, 0.1) is 5.92 Å². The highest BCUT2D eigenvalue weighted by Crippen LogP contribution is 2.27. The van der Waals surface area contributed by atoms with Crippen LogP contribution < -0.4 is 5.73 Å². The van der Waals surface area contributed by atoms with Gasteiger partial charge in [0.15, 0.2) is 0 Å². The second-order valence-corrected chi connectivity index (χ2v) is 7.59. The van der Waals surface area contributed by atoms with Crippen molar-refractivity contribution in [3.8, 4) is 0 Å². The Kier molecular flexibility index (Phi) is 4.31. The number of hydrogen-bond acceptors (Lipinski definition) is 6. The Morgan fingerprint density at radius 2 is 2.44 bits per heavy atom. The van der Waals surface area contributed by atoms with Crippen molar-refractivity contribution in [1.82, 2.24) is 13.9 Å². The van der Waals surface area contributed by atoms with Crippen molar-refractivity contribution < 1.29 is 8.42 Å². The lowest BCUT2D eigenvalue weighted by molar-refractivity contribution is 0.247. The van der Waals surface area contributed by atoms with Crippen molar-refractivity contribution >= 4 is 21.6 Å². The van der Waals surface area contributed by atoms with Crippen LogP contribution in [0.15, 0.2) is 6.20 Å². The minimum absolute atomic E-state index is 0.0884. The van der Waals surface area contributed by atoms with Crippen LogP contribution in [-0.4, -0.2) is 41.7 Å². The molecule has 0 bridgehead atoms. The average Bonchev–Trinajstić information content (AvgIpc) is 2.81. The van der Waals surface area contributed by atoms with Gasteiger partial charge in [0.05, 0.1) is 17.3 Å². The van der Waals surface area contributed by atoms with E-state index in [1.165, 1.54) is 17.8 Å². The van der Waals surface area contributed by atoms with Gasteiger partial charge in [-0.05, 0) is 36.7 Å². The van der Waals surface area contributed by atoms with Gasteiger partial charge in [0.25, 0.3) is 0 Å². The van der Waals surface area contributed by atoms with E-state index in [-0.39, 0.29) is 6.04 Å². The molecule has 0 radical (unpaired) electrons. The lowest BCUT2D eigenvalue weighted by Gasteiger charge is -2.31. The van der Waals surface area contributed by atoms with Gasteiger partial charge < -0.3 is 5.73 Å². The largest absolute Gasteiger partial charge is 0.323 e. The molecule has 1 aliphatic heterocycles. The fraction of sp³-hybridized carbons (Fsp3) is 0.800. The van der Waals surface area contributed by atoms with Gasteiger partial charge in [0, 0.05) is 19.1 Å². The van der Waals surface area contributed by atoms with Crippen LogP contribution in [0.25, 0.3) is 0 Å². The molecule has 2 atom stereocenters. The zero-order valence-electron chi connectivity index (χ0n) is 10.3. The van der Waals surface area contributed by atoms with Crippen molar-refractivity contribution in [1.29, 1.82) is 0 Å². The summed E-state index contributed by atoms with van der Waals surface area (Å²) in [5.74, 6) is 0.325. The van der Waals surface area contributed by atoms with E-state index in [4.69, 9.17) is 5.73 Å². The van der Waals surface area contributed by atoms with Gasteiger partial charge in [0.1, 0.15) is 0 Å². The topological polar surface area (TPSA) is 89.2 Å². The molecule has 0 spiro atoms. The van der Waals surface area contributed by atoms with Crippen LogP contribution in [-0.2, 0) is 10.0 Å². The van der Waals surface area contributed by atoms with Crippen molar-refractivity contribution in [2.45, 2.75) is 25.3 Å². The third kappa shape index (κ3) is 3.47. The van der Waals surface area contributed by atoms with Crippen LogP contribution in [0.5, 0.6) is 0 Å². The van der Waals surface area contributed by atoms with E-state index in [9.17, 15) is 8.42 Å². The summed E-state index contributed by atoms with van der Waals surface area (Å²) in [5.41, 5.74) is 6.09. The molecule has 1 saturated heterocycles. The minimum Gasteiger partial charge on any atom is -0.323 e. The molecule has 0 saturated carbocycles. The Morgan fingerprint density at radius 1 is 1.67 bits per heavy atom. The van der Waals surface area contributed by atoms with E-state index >= 15 is 0 Å². The van der Waals surface area contributed by atoms with Crippen LogP contribution in [0.2, 0.25) is 0 Å². The van der Waals surface area contributed by atoms with Crippen LogP contribution in [0.4, 0.5) is 0 Å². The number of hydrogen-bond donors (Lipinski definition) is 1. The summed E-state index contributed by atoms with van der Waals surface area (Å²) in [5, 5.41) is 3.77. The molecule has 0 aromatic carbocycles. The van der Waals surface area contributed by atoms with E-state index < -0.39 is 10.0 Å². The Labute approximate surface area is 111 Å². The molecule has 8 heteroatoms. The van der Waals surface area contributed by atoms with Crippen molar-refractivity contribution in [2.75, 3.05) is 19.3 Å². The van der Waals surface area contributed by atoms with E-state index in [1.807, 2.05) is 0 Å². The third-order valence-corrected chi connectivity index (χ3v) is 5.35. The second kappa shape index (κ2) is 5.60. The van der Waals surface area contributed by atoms with Gasteiger partial charge in [0.2, 0.25) is 10.0 Å². The van der Waals surface area contributed by atoms with E-state index in [1.54, 1.807) is 10.5 Å². The number of sulfonamides is 1. The molecule has 1 fully saturated rings. The fourth-order valence-electron chi connectivity index (χ4n) is 2.33. The number of nitrogens with zero attached hydrogens (tertiary/aromatic N) is 3. The molecule has 2 rings (SSSR count). The minimum atomic E-state index is -3.08. The number of piperidine rings is 1. The highest BCUT2D eigenvalue weighted by Gasteiger charge is 2.27. The van der Waals surface area contributed by atoms with Crippen molar-refractivity contribution in [3.63, 3.8) is 0 Å². The lowest BCUT2D eigenvalue weighted by atomic mass is 9.92. The summed E-state index contributed by atoms with van der Waals surface area (Å²) in [4.78, 5) is 0.964. The Bertz CT molecular complexity index is 474. The van der Waals surface area contributed by atoms with E-state index in [0.29, 0.717) is 19.0 Å². The Balaban J connectivity index is 1.94. The smallest absolute Gasteiger partial charge is 0.211 e. The number of nitrogens with two attached hydrogens (primary N) is 1. The first-order chi connectivity index (χ1) is 8.47. The van der Waals surface area contributed by atoms with Crippen molar-refractivity contribution in [3.05, 3.63) is 11.1 Å². The first-order valence-electron chi connectivity index (χ1n) is 5.95. The maximum absolute atomic E-state index is 11.5. The highest BCUT2D eigenvalue weighted by atomic mass is 32.2.